The molecule has 96 valence electrons. The average Bonchev–Trinajstić information content (AvgIpc) is 2.20. The molecule has 1 atom stereocenters. The Labute approximate surface area is 100 Å². The summed E-state index contributed by atoms with van der Waals surface area (Å²) in [5, 5.41) is 0. The predicted octanol–water partition coefficient (Wildman–Crippen LogP) is 2.25. The molecule has 16 heavy (non-hydrogen) atoms. The highest BCUT2D eigenvalue weighted by Gasteiger charge is 2.24. The summed E-state index contributed by atoms with van der Waals surface area (Å²) in [5.74, 6) is 0.745. The molecule has 0 spiro atoms. The summed E-state index contributed by atoms with van der Waals surface area (Å²) < 4.78 is 0. The van der Waals surface area contributed by atoms with Crippen molar-refractivity contribution in [3.05, 3.63) is 0 Å². The number of hydrogen-bond donors (Lipinski definition) is 1. The van der Waals surface area contributed by atoms with Gasteiger partial charge in [0.15, 0.2) is 0 Å². The number of rotatable bonds is 7. The third-order valence-corrected chi connectivity index (χ3v) is 2.76. The van der Waals surface area contributed by atoms with E-state index >= 15 is 0 Å². The molecule has 3 heteroatoms. The van der Waals surface area contributed by atoms with Crippen molar-refractivity contribution in [1.82, 2.24) is 4.90 Å². The summed E-state index contributed by atoms with van der Waals surface area (Å²) in [6, 6.07) is 0.272. The molecular weight excluding hydrogens is 200 g/mol. The van der Waals surface area contributed by atoms with Gasteiger partial charge in [0.1, 0.15) is 0 Å². The third kappa shape index (κ3) is 4.97. The largest absolute Gasteiger partial charge is 0.340 e. The van der Waals surface area contributed by atoms with Crippen molar-refractivity contribution in [3.63, 3.8) is 0 Å². The molecule has 0 saturated heterocycles. The van der Waals surface area contributed by atoms with Crippen molar-refractivity contribution in [1.29, 1.82) is 0 Å². The van der Waals surface area contributed by atoms with Crippen LogP contribution >= 0.6 is 0 Å². The fourth-order valence-corrected chi connectivity index (χ4v) is 1.97. The van der Waals surface area contributed by atoms with Crippen LogP contribution in [0.3, 0.4) is 0 Å². The summed E-state index contributed by atoms with van der Waals surface area (Å²) in [5.41, 5.74) is 5.71. The lowest BCUT2D eigenvalue weighted by atomic mass is 9.95. The van der Waals surface area contributed by atoms with Crippen LogP contribution < -0.4 is 5.73 Å². The van der Waals surface area contributed by atoms with Gasteiger partial charge in [0.25, 0.3) is 0 Å². The van der Waals surface area contributed by atoms with Crippen LogP contribution in [0, 0.1) is 11.8 Å². The fourth-order valence-electron chi connectivity index (χ4n) is 1.97. The first-order valence-electron chi connectivity index (χ1n) is 6.44. The van der Waals surface area contributed by atoms with E-state index in [1.807, 2.05) is 4.90 Å². The Balaban J connectivity index is 4.54. The lowest BCUT2D eigenvalue weighted by Gasteiger charge is -2.30. The number of amides is 1. The van der Waals surface area contributed by atoms with Crippen LogP contribution in [0.1, 0.15) is 47.5 Å². The van der Waals surface area contributed by atoms with Crippen LogP contribution in [-0.2, 0) is 4.79 Å². The number of hydrogen-bond acceptors (Lipinski definition) is 2. The van der Waals surface area contributed by atoms with E-state index in [-0.39, 0.29) is 17.9 Å². The van der Waals surface area contributed by atoms with Gasteiger partial charge in [-0.05, 0) is 32.6 Å². The van der Waals surface area contributed by atoms with Gasteiger partial charge in [0.05, 0.1) is 5.92 Å². The van der Waals surface area contributed by atoms with Gasteiger partial charge in [0.2, 0.25) is 5.91 Å². The summed E-state index contributed by atoms with van der Waals surface area (Å²) in [6.45, 7) is 11.8. The molecule has 0 heterocycles. The maximum absolute atomic E-state index is 12.3. The molecule has 0 aromatic heterocycles. The molecule has 0 aliphatic carbocycles. The van der Waals surface area contributed by atoms with E-state index < -0.39 is 0 Å². The maximum Gasteiger partial charge on any atom is 0.227 e. The highest BCUT2D eigenvalue weighted by atomic mass is 16.2. The average molecular weight is 228 g/mol. The van der Waals surface area contributed by atoms with E-state index in [1.165, 1.54) is 0 Å². The molecule has 0 radical (unpaired) electrons. The molecule has 0 saturated carbocycles. The quantitative estimate of drug-likeness (QED) is 0.726. The first-order chi connectivity index (χ1) is 7.43. The topological polar surface area (TPSA) is 46.3 Å². The van der Waals surface area contributed by atoms with Crippen LogP contribution in [0.15, 0.2) is 0 Å². The lowest BCUT2D eigenvalue weighted by molar-refractivity contribution is -0.137. The van der Waals surface area contributed by atoms with Gasteiger partial charge in [-0.15, -0.1) is 0 Å². The number of nitrogens with zero attached hydrogens (tertiary/aromatic N) is 1. The summed E-state index contributed by atoms with van der Waals surface area (Å²) >= 11 is 0. The van der Waals surface area contributed by atoms with Crippen molar-refractivity contribution in [2.75, 3.05) is 13.1 Å². The van der Waals surface area contributed by atoms with Gasteiger partial charge in [-0.1, -0.05) is 20.8 Å². The maximum atomic E-state index is 12.3. The molecule has 0 aliphatic rings. The minimum Gasteiger partial charge on any atom is -0.340 e. The minimum absolute atomic E-state index is 0.00560. The SMILES string of the molecule is CCCN(C(=O)C(CN)CC(C)C)C(C)C. The zero-order valence-electron chi connectivity index (χ0n) is 11.5. The van der Waals surface area contributed by atoms with E-state index in [0.717, 1.165) is 19.4 Å². The Hall–Kier alpha value is -0.570. The highest BCUT2D eigenvalue weighted by molar-refractivity contribution is 5.79. The van der Waals surface area contributed by atoms with Crippen LogP contribution in [-0.4, -0.2) is 29.9 Å². The summed E-state index contributed by atoms with van der Waals surface area (Å²) in [7, 11) is 0. The smallest absolute Gasteiger partial charge is 0.227 e. The second-order valence-corrected chi connectivity index (χ2v) is 5.19. The van der Waals surface area contributed by atoms with Crippen molar-refractivity contribution in [2.24, 2.45) is 17.6 Å². The van der Waals surface area contributed by atoms with Crippen molar-refractivity contribution < 1.29 is 4.79 Å². The first-order valence-corrected chi connectivity index (χ1v) is 6.44. The van der Waals surface area contributed by atoms with Crippen molar-refractivity contribution in [2.45, 2.75) is 53.5 Å². The van der Waals surface area contributed by atoms with Gasteiger partial charge < -0.3 is 10.6 Å². The van der Waals surface area contributed by atoms with Crippen LogP contribution in [0.4, 0.5) is 0 Å². The van der Waals surface area contributed by atoms with Gasteiger partial charge in [-0.3, -0.25) is 4.79 Å². The number of carbonyl (C=O) groups is 1. The van der Waals surface area contributed by atoms with Crippen LogP contribution in [0.25, 0.3) is 0 Å². The van der Waals surface area contributed by atoms with Crippen molar-refractivity contribution in [3.8, 4) is 0 Å². The molecule has 0 fully saturated rings. The molecule has 0 aromatic carbocycles. The van der Waals surface area contributed by atoms with Gasteiger partial charge >= 0.3 is 0 Å². The third-order valence-electron chi connectivity index (χ3n) is 2.76. The van der Waals surface area contributed by atoms with Gasteiger partial charge in [-0.25, -0.2) is 0 Å². The molecule has 0 bridgehead atoms. The lowest BCUT2D eigenvalue weighted by Crippen LogP contribution is -2.43. The molecule has 0 aromatic rings. The minimum atomic E-state index is -0.00560. The Bertz CT molecular complexity index is 202. The van der Waals surface area contributed by atoms with Crippen molar-refractivity contribution >= 4 is 5.91 Å². The summed E-state index contributed by atoms with van der Waals surface area (Å²) in [4.78, 5) is 14.2. The molecule has 2 N–H and O–H groups in total. The van der Waals surface area contributed by atoms with E-state index in [2.05, 4.69) is 34.6 Å². The second kappa shape index (κ2) is 7.66. The zero-order chi connectivity index (χ0) is 12.7. The fraction of sp³-hybridized carbons (Fsp3) is 0.923. The molecule has 3 nitrogen and oxygen atoms in total. The van der Waals surface area contributed by atoms with E-state index in [9.17, 15) is 4.79 Å². The van der Waals surface area contributed by atoms with Gasteiger partial charge in [0, 0.05) is 19.1 Å². The molecule has 1 unspecified atom stereocenters. The van der Waals surface area contributed by atoms with E-state index in [4.69, 9.17) is 5.73 Å². The Morgan fingerprint density at radius 3 is 2.12 bits per heavy atom. The normalized spacial score (nSPS) is 13.2. The van der Waals surface area contributed by atoms with E-state index in [0.29, 0.717) is 12.5 Å². The molecule has 0 aliphatic heterocycles. The number of nitrogens with two attached hydrogens (primary N) is 1. The summed E-state index contributed by atoms with van der Waals surface area (Å²) in [6.07, 6.45) is 1.89. The zero-order valence-corrected chi connectivity index (χ0v) is 11.5. The monoisotopic (exact) mass is 228 g/mol. The van der Waals surface area contributed by atoms with Crippen LogP contribution in [0.2, 0.25) is 0 Å². The highest BCUT2D eigenvalue weighted by Crippen LogP contribution is 2.15. The second-order valence-electron chi connectivity index (χ2n) is 5.19. The Kier molecular flexibility index (Phi) is 7.39. The molecular formula is C13H28N2O. The molecule has 1 amide bonds. The van der Waals surface area contributed by atoms with Crippen LogP contribution in [0.5, 0.6) is 0 Å². The first kappa shape index (κ1) is 15.4. The van der Waals surface area contributed by atoms with Gasteiger partial charge in [-0.2, -0.15) is 0 Å². The Morgan fingerprint density at radius 1 is 1.25 bits per heavy atom. The number of carbonyl (C=O) groups excluding carboxylic acids is 1. The standard InChI is InChI=1S/C13H28N2O/c1-6-7-15(11(4)5)13(16)12(9-14)8-10(2)3/h10-12H,6-9,14H2,1-5H3. The molecule has 0 rings (SSSR count). The predicted molar refractivity (Wildman–Crippen MR) is 69.1 cm³/mol. The Morgan fingerprint density at radius 2 is 1.81 bits per heavy atom. The van der Waals surface area contributed by atoms with E-state index in [1.54, 1.807) is 0 Å².